The molecule has 0 heterocycles. The van der Waals surface area contributed by atoms with Gasteiger partial charge in [-0.2, -0.15) is 0 Å². The number of carboxylic acid groups (broad SMARTS) is 1. The fraction of sp³-hybridized carbons (Fsp3) is 0.719. The Kier molecular flexibility index (Phi) is 15.1. The third-order valence-corrected chi connectivity index (χ3v) is 7.62. The number of carbonyl (C=O) groups is 1. The van der Waals surface area contributed by atoms with Gasteiger partial charge in [0, 0.05) is 0 Å². The highest BCUT2D eigenvalue weighted by Crippen LogP contribution is 2.30. The third-order valence-electron chi connectivity index (χ3n) is 7.62. The molecule has 0 aliphatic heterocycles. The van der Waals surface area contributed by atoms with Crippen molar-refractivity contribution in [1.29, 1.82) is 0 Å². The molecular formula is C32H54O4. The molecule has 0 bridgehead atoms. The van der Waals surface area contributed by atoms with Gasteiger partial charge in [-0.05, 0) is 108 Å². The van der Waals surface area contributed by atoms with Crippen LogP contribution in [0, 0.1) is 25.7 Å². The minimum Gasteiger partial charge on any atom is -0.493 e. The molecule has 206 valence electrons. The number of aliphatic carboxylic acids is 1. The SMILES string of the molecule is CCCCOc1c(CCC(C)CCCC(C)(O)CCCC(C)=CCCC(C)C(=O)O)ccc(C)c1C. The number of rotatable bonds is 19. The summed E-state index contributed by atoms with van der Waals surface area (Å²) in [5.41, 5.74) is 4.56. The van der Waals surface area contributed by atoms with Gasteiger partial charge in [0.1, 0.15) is 5.75 Å². The van der Waals surface area contributed by atoms with Gasteiger partial charge in [0.2, 0.25) is 0 Å². The van der Waals surface area contributed by atoms with E-state index in [2.05, 4.69) is 52.8 Å². The quantitative estimate of drug-likeness (QED) is 0.147. The van der Waals surface area contributed by atoms with Crippen molar-refractivity contribution in [3.05, 3.63) is 40.5 Å². The van der Waals surface area contributed by atoms with Gasteiger partial charge in [0.05, 0.1) is 18.1 Å². The number of unbranched alkanes of at least 4 members (excludes halogenated alkanes) is 1. The second-order valence-corrected chi connectivity index (χ2v) is 11.5. The van der Waals surface area contributed by atoms with Crippen LogP contribution in [-0.2, 0) is 11.2 Å². The minimum atomic E-state index is -0.724. The summed E-state index contributed by atoms with van der Waals surface area (Å²) in [6.07, 6.45) is 13.8. The third kappa shape index (κ3) is 12.9. The summed E-state index contributed by atoms with van der Waals surface area (Å²) in [5, 5.41) is 19.8. The van der Waals surface area contributed by atoms with Gasteiger partial charge in [0.15, 0.2) is 0 Å². The molecule has 36 heavy (non-hydrogen) atoms. The van der Waals surface area contributed by atoms with E-state index in [4.69, 9.17) is 9.84 Å². The number of allylic oxidation sites excluding steroid dienone is 2. The molecule has 0 aromatic heterocycles. The summed E-state index contributed by atoms with van der Waals surface area (Å²) in [5.74, 6) is 0.695. The second-order valence-electron chi connectivity index (χ2n) is 11.5. The van der Waals surface area contributed by atoms with Crippen LogP contribution in [0.4, 0.5) is 0 Å². The molecule has 4 nitrogen and oxygen atoms in total. The Morgan fingerprint density at radius 1 is 1.08 bits per heavy atom. The summed E-state index contributed by atoms with van der Waals surface area (Å²) >= 11 is 0. The molecule has 3 atom stereocenters. The van der Waals surface area contributed by atoms with E-state index in [1.54, 1.807) is 6.92 Å². The van der Waals surface area contributed by atoms with Crippen molar-refractivity contribution in [3.63, 3.8) is 0 Å². The largest absolute Gasteiger partial charge is 0.493 e. The van der Waals surface area contributed by atoms with Crippen LogP contribution in [0.5, 0.6) is 5.75 Å². The fourth-order valence-electron chi connectivity index (χ4n) is 4.62. The van der Waals surface area contributed by atoms with Crippen LogP contribution in [0.3, 0.4) is 0 Å². The number of ether oxygens (including phenoxy) is 1. The second kappa shape index (κ2) is 16.8. The monoisotopic (exact) mass is 502 g/mol. The van der Waals surface area contributed by atoms with Gasteiger partial charge in [-0.15, -0.1) is 0 Å². The van der Waals surface area contributed by atoms with Crippen molar-refractivity contribution in [2.24, 2.45) is 11.8 Å². The van der Waals surface area contributed by atoms with Crippen LogP contribution in [0.2, 0.25) is 0 Å². The molecule has 0 saturated heterocycles. The van der Waals surface area contributed by atoms with Crippen molar-refractivity contribution in [3.8, 4) is 5.75 Å². The molecular weight excluding hydrogens is 448 g/mol. The van der Waals surface area contributed by atoms with Crippen LogP contribution in [0.15, 0.2) is 23.8 Å². The van der Waals surface area contributed by atoms with E-state index in [0.29, 0.717) is 12.3 Å². The van der Waals surface area contributed by atoms with E-state index in [1.807, 2.05) is 6.92 Å². The standard InChI is InChI=1S/C32H54O4/c1-8-9-23-36-30-28(6)26(4)18-20-29(30)19-17-25(3)15-12-22-32(7,35)21-11-14-24(2)13-10-16-27(5)31(33)34/h13,18,20,25,27,35H,8-12,14-17,19,21-23H2,1-7H3,(H,33,34). The summed E-state index contributed by atoms with van der Waals surface area (Å²) in [6.45, 7) is 15.5. The molecule has 0 saturated carbocycles. The lowest BCUT2D eigenvalue weighted by atomic mass is 9.88. The van der Waals surface area contributed by atoms with E-state index < -0.39 is 11.6 Å². The van der Waals surface area contributed by atoms with Crippen molar-refractivity contribution in [2.45, 2.75) is 131 Å². The van der Waals surface area contributed by atoms with Crippen LogP contribution in [0.1, 0.15) is 122 Å². The lowest BCUT2D eigenvalue weighted by molar-refractivity contribution is -0.141. The first kappa shape index (κ1) is 32.2. The molecule has 2 N–H and O–H groups in total. The van der Waals surface area contributed by atoms with E-state index in [9.17, 15) is 9.90 Å². The molecule has 0 spiro atoms. The van der Waals surface area contributed by atoms with E-state index >= 15 is 0 Å². The molecule has 1 aromatic carbocycles. The summed E-state index contributed by atoms with van der Waals surface area (Å²) in [6, 6.07) is 4.46. The number of hydrogen-bond donors (Lipinski definition) is 2. The number of hydrogen-bond acceptors (Lipinski definition) is 3. The van der Waals surface area contributed by atoms with E-state index in [1.165, 1.54) is 22.3 Å². The Morgan fingerprint density at radius 2 is 1.78 bits per heavy atom. The number of aryl methyl sites for hydroxylation is 2. The molecule has 0 radical (unpaired) electrons. The normalized spacial score (nSPS) is 15.4. The average Bonchev–Trinajstić information content (AvgIpc) is 2.80. The average molecular weight is 503 g/mol. The van der Waals surface area contributed by atoms with Gasteiger partial charge in [-0.3, -0.25) is 4.79 Å². The van der Waals surface area contributed by atoms with Crippen molar-refractivity contribution in [2.75, 3.05) is 6.61 Å². The van der Waals surface area contributed by atoms with Gasteiger partial charge in [-0.1, -0.05) is 63.8 Å². The summed E-state index contributed by atoms with van der Waals surface area (Å²) in [7, 11) is 0. The molecule has 0 aliphatic carbocycles. The van der Waals surface area contributed by atoms with Crippen LogP contribution in [0.25, 0.3) is 0 Å². The topological polar surface area (TPSA) is 66.8 Å². The Balaban J connectivity index is 2.38. The van der Waals surface area contributed by atoms with Crippen molar-refractivity contribution in [1.82, 2.24) is 0 Å². The Hall–Kier alpha value is -1.81. The minimum absolute atomic E-state index is 0.292. The number of benzene rings is 1. The summed E-state index contributed by atoms with van der Waals surface area (Å²) < 4.78 is 6.18. The zero-order valence-corrected chi connectivity index (χ0v) is 24.3. The van der Waals surface area contributed by atoms with Gasteiger partial charge in [0.25, 0.3) is 0 Å². The molecule has 0 amide bonds. The predicted octanol–water partition coefficient (Wildman–Crippen LogP) is 8.59. The van der Waals surface area contributed by atoms with Gasteiger partial charge < -0.3 is 14.9 Å². The van der Waals surface area contributed by atoms with E-state index in [-0.39, 0.29) is 5.92 Å². The first-order valence-electron chi connectivity index (χ1n) is 14.3. The van der Waals surface area contributed by atoms with Crippen LogP contribution in [-0.4, -0.2) is 28.4 Å². The number of carboxylic acids is 1. The van der Waals surface area contributed by atoms with Gasteiger partial charge in [-0.25, -0.2) is 0 Å². The molecule has 3 unspecified atom stereocenters. The molecule has 1 rings (SSSR count). The summed E-state index contributed by atoms with van der Waals surface area (Å²) in [4.78, 5) is 10.9. The maximum absolute atomic E-state index is 10.9. The first-order chi connectivity index (χ1) is 17.0. The highest BCUT2D eigenvalue weighted by Gasteiger charge is 2.20. The van der Waals surface area contributed by atoms with Gasteiger partial charge >= 0.3 is 5.97 Å². The lowest BCUT2D eigenvalue weighted by Crippen LogP contribution is -2.24. The molecule has 0 aliphatic rings. The van der Waals surface area contributed by atoms with Crippen LogP contribution >= 0.6 is 0 Å². The highest BCUT2D eigenvalue weighted by atomic mass is 16.5. The zero-order chi connectivity index (χ0) is 27.1. The van der Waals surface area contributed by atoms with Crippen molar-refractivity contribution >= 4 is 5.97 Å². The zero-order valence-electron chi connectivity index (χ0n) is 24.3. The molecule has 4 heteroatoms. The maximum atomic E-state index is 10.9. The predicted molar refractivity (Wildman–Crippen MR) is 152 cm³/mol. The molecule has 0 fully saturated rings. The lowest BCUT2D eigenvalue weighted by Gasteiger charge is -2.24. The Morgan fingerprint density at radius 3 is 2.44 bits per heavy atom. The first-order valence-corrected chi connectivity index (χ1v) is 14.3. The highest BCUT2D eigenvalue weighted by molar-refractivity contribution is 5.69. The molecule has 1 aromatic rings. The maximum Gasteiger partial charge on any atom is 0.306 e. The fourth-order valence-corrected chi connectivity index (χ4v) is 4.62. The van der Waals surface area contributed by atoms with E-state index in [0.717, 1.165) is 83.0 Å². The Labute approximate surface area is 221 Å². The smallest absolute Gasteiger partial charge is 0.306 e. The Bertz CT molecular complexity index is 809. The van der Waals surface area contributed by atoms with Crippen molar-refractivity contribution < 1.29 is 19.7 Å². The van der Waals surface area contributed by atoms with Crippen LogP contribution < -0.4 is 4.74 Å². The number of aliphatic hydroxyl groups is 1.